The minimum absolute atomic E-state index is 0.00473. The first kappa shape index (κ1) is 12.9. The molecule has 2 aromatic carbocycles. The Balaban J connectivity index is 1.73. The summed E-state index contributed by atoms with van der Waals surface area (Å²) >= 11 is 5.30. The van der Waals surface area contributed by atoms with E-state index in [0.29, 0.717) is 5.11 Å². The van der Waals surface area contributed by atoms with Gasteiger partial charge in [0.25, 0.3) is 0 Å². The van der Waals surface area contributed by atoms with Crippen LogP contribution >= 0.6 is 12.2 Å². The number of nitrogens with zero attached hydrogens (tertiary/aromatic N) is 3. The summed E-state index contributed by atoms with van der Waals surface area (Å²) in [5, 5.41) is 8.95. The zero-order valence-corrected chi connectivity index (χ0v) is 11.8. The fourth-order valence-electron chi connectivity index (χ4n) is 2.29. The maximum Gasteiger partial charge on any atom is 0.218 e. The normalized spacial score (nSPS) is 17.7. The van der Waals surface area contributed by atoms with Gasteiger partial charge in [0.15, 0.2) is 0 Å². The Morgan fingerprint density at radius 1 is 0.900 bits per heavy atom. The number of benzene rings is 2. The summed E-state index contributed by atoms with van der Waals surface area (Å²) < 4.78 is 0. The van der Waals surface area contributed by atoms with Gasteiger partial charge in [-0.05, 0) is 23.3 Å². The highest BCUT2D eigenvalue weighted by Gasteiger charge is 2.26. The molecule has 0 saturated carbocycles. The van der Waals surface area contributed by atoms with Gasteiger partial charge in [0.2, 0.25) is 5.11 Å². The average molecular weight is 281 g/mol. The minimum atomic E-state index is 0.00473. The van der Waals surface area contributed by atoms with Crippen LogP contribution in [0.15, 0.2) is 70.9 Å². The zero-order chi connectivity index (χ0) is 13.8. The molecule has 0 saturated heterocycles. The quantitative estimate of drug-likeness (QED) is 0.797. The van der Waals surface area contributed by atoms with Gasteiger partial charge in [-0.15, -0.1) is 5.11 Å². The molecule has 1 unspecified atom stereocenters. The lowest BCUT2D eigenvalue weighted by molar-refractivity contribution is 0.331. The summed E-state index contributed by atoms with van der Waals surface area (Å²) in [6, 6.07) is 20.6. The van der Waals surface area contributed by atoms with Gasteiger partial charge in [0, 0.05) is 13.0 Å². The molecule has 1 aliphatic heterocycles. The molecule has 0 aliphatic carbocycles. The highest BCUT2D eigenvalue weighted by atomic mass is 32.1. The van der Waals surface area contributed by atoms with E-state index in [1.165, 1.54) is 11.1 Å². The molecule has 20 heavy (non-hydrogen) atoms. The van der Waals surface area contributed by atoms with Crippen LogP contribution in [-0.4, -0.2) is 16.2 Å². The van der Waals surface area contributed by atoms with Crippen molar-refractivity contribution in [2.24, 2.45) is 10.2 Å². The first-order valence-electron chi connectivity index (χ1n) is 6.62. The van der Waals surface area contributed by atoms with Gasteiger partial charge in [-0.25, -0.2) is 0 Å². The lowest BCUT2D eigenvalue weighted by Gasteiger charge is -2.23. The van der Waals surface area contributed by atoms with Gasteiger partial charge in [0.05, 0.1) is 0 Å². The summed E-state index contributed by atoms with van der Waals surface area (Å²) in [7, 11) is 0. The molecule has 0 bridgehead atoms. The van der Waals surface area contributed by atoms with Crippen molar-refractivity contribution in [3.63, 3.8) is 0 Å². The van der Waals surface area contributed by atoms with Crippen LogP contribution < -0.4 is 0 Å². The van der Waals surface area contributed by atoms with Crippen LogP contribution in [0.5, 0.6) is 0 Å². The van der Waals surface area contributed by atoms with Crippen molar-refractivity contribution in [2.45, 2.75) is 19.1 Å². The molecule has 0 fully saturated rings. The van der Waals surface area contributed by atoms with Crippen LogP contribution in [0, 0.1) is 0 Å². The molecule has 4 heteroatoms. The third-order valence-corrected chi connectivity index (χ3v) is 3.66. The van der Waals surface area contributed by atoms with Gasteiger partial charge < -0.3 is 4.90 Å². The molecule has 1 aliphatic rings. The van der Waals surface area contributed by atoms with Crippen molar-refractivity contribution in [3.05, 3.63) is 71.8 Å². The Morgan fingerprint density at radius 2 is 1.50 bits per heavy atom. The van der Waals surface area contributed by atoms with Gasteiger partial charge in [-0.2, -0.15) is 5.11 Å². The second kappa shape index (κ2) is 5.92. The van der Waals surface area contributed by atoms with E-state index < -0.39 is 0 Å². The summed E-state index contributed by atoms with van der Waals surface area (Å²) in [5.41, 5.74) is 2.47. The highest BCUT2D eigenvalue weighted by molar-refractivity contribution is 7.80. The molecule has 100 valence electrons. The van der Waals surface area contributed by atoms with Crippen LogP contribution in [0.2, 0.25) is 0 Å². The summed E-state index contributed by atoms with van der Waals surface area (Å²) in [6.45, 7) is 0.754. The number of hydrogen-bond donors (Lipinski definition) is 0. The second-order valence-electron chi connectivity index (χ2n) is 4.78. The lowest BCUT2D eigenvalue weighted by atomic mass is 10.1. The monoisotopic (exact) mass is 281 g/mol. The van der Waals surface area contributed by atoms with E-state index in [-0.39, 0.29) is 6.17 Å². The van der Waals surface area contributed by atoms with Crippen molar-refractivity contribution in [2.75, 3.05) is 0 Å². The molecule has 0 aromatic heterocycles. The van der Waals surface area contributed by atoms with Crippen LogP contribution in [0.3, 0.4) is 0 Å². The third kappa shape index (κ3) is 2.91. The number of azo groups is 1. The van der Waals surface area contributed by atoms with Crippen LogP contribution in [0.1, 0.15) is 11.1 Å². The third-order valence-electron chi connectivity index (χ3n) is 3.34. The first-order valence-corrected chi connectivity index (χ1v) is 7.03. The van der Waals surface area contributed by atoms with E-state index in [1.54, 1.807) is 0 Å². The van der Waals surface area contributed by atoms with E-state index in [2.05, 4.69) is 39.4 Å². The summed E-state index contributed by atoms with van der Waals surface area (Å²) in [5.74, 6) is 0. The van der Waals surface area contributed by atoms with Crippen LogP contribution in [0.4, 0.5) is 0 Å². The average Bonchev–Trinajstić information content (AvgIpc) is 2.83. The van der Waals surface area contributed by atoms with E-state index in [9.17, 15) is 0 Å². The Bertz CT molecular complexity index is 610. The molecule has 0 amide bonds. The standard InChI is InChI=1S/C16H15N3S/c20-16-18-17-15(11-13-7-3-1-4-8-13)19(16)12-14-9-5-2-6-10-14/h1-10,15H,11-12H2. The number of hydrogen-bond acceptors (Lipinski definition) is 2. The Labute approximate surface area is 124 Å². The Hall–Kier alpha value is -2.07. The van der Waals surface area contributed by atoms with Gasteiger partial charge in [-0.1, -0.05) is 60.7 Å². The van der Waals surface area contributed by atoms with Crippen LogP contribution in [0.25, 0.3) is 0 Å². The van der Waals surface area contributed by atoms with E-state index in [1.807, 2.05) is 36.4 Å². The maximum absolute atomic E-state index is 5.30. The zero-order valence-electron chi connectivity index (χ0n) is 11.0. The van der Waals surface area contributed by atoms with E-state index in [4.69, 9.17) is 12.2 Å². The van der Waals surface area contributed by atoms with Gasteiger partial charge in [-0.3, -0.25) is 0 Å². The fourth-order valence-corrected chi connectivity index (χ4v) is 2.53. The molecule has 1 heterocycles. The number of rotatable bonds is 4. The van der Waals surface area contributed by atoms with Crippen molar-refractivity contribution in [3.8, 4) is 0 Å². The molecule has 1 atom stereocenters. The smallest absolute Gasteiger partial charge is 0.218 e. The molecule has 3 nitrogen and oxygen atoms in total. The van der Waals surface area contributed by atoms with E-state index in [0.717, 1.165) is 13.0 Å². The summed E-state index contributed by atoms with van der Waals surface area (Å²) in [6.07, 6.45) is 0.835. The Morgan fingerprint density at radius 3 is 2.15 bits per heavy atom. The Kier molecular flexibility index (Phi) is 3.83. The van der Waals surface area contributed by atoms with Gasteiger partial charge in [0.1, 0.15) is 6.17 Å². The predicted molar refractivity (Wildman–Crippen MR) is 83.4 cm³/mol. The SMILES string of the molecule is S=C1N=NC(Cc2ccccc2)N1Cc1ccccc1. The largest absolute Gasteiger partial charge is 0.318 e. The van der Waals surface area contributed by atoms with Gasteiger partial charge >= 0.3 is 0 Å². The fraction of sp³-hybridized carbons (Fsp3) is 0.188. The molecule has 2 aromatic rings. The molecular weight excluding hydrogens is 266 g/mol. The molecule has 0 spiro atoms. The number of thiocarbonyl (C=S) groups is 1. The molecule has 0 N–H and O–H groups in total. The first-order chi connectivity index (χ1) is 9.83. The molecule has 0 radical (unpaired) electrons. The lowest BCUT2D eigenvalue weighted by Crippen LogP contribution is -2.33. The van der Waals surface area contributed by atoms with E-state index >= 15 is 0 Å². The maximum atomic E-state index is 5.30. The van der Waals surface area contributed by atoms with Crippen LogP contribution in [-0.2, 0) is 13.0 Å². The highest BCUT2D eigenvalue weighted by Crippen LogP contribution is 2.20. The van der Waals surface area contributed by atoms with Crippen molar-refractivity contribution in [1.82, 2.24) is 4.90 Å². The van der Waals surface area contributed by atoms with Crippen molar-refractivity contribution in [1.29, 1.82) is 0 Å². The minimum Gasteiger partial charge on any atom is -0.318 e. The topological polar surface area (TPSA) is 28.0 Å². The summed E-state index contributed by atoms with van der Waals surface area (Å²) in [4.78, 5) is 2.08. The molecular formula is C16H15N3S. The predicted octanol–water partition coefficient (Wildman–Crippen LogP) is 3.81. The molecule has 3 rings (SSSR count). The van der Waals surface area contributed by atoms with Crippen molar-refractivity contribution >= 4 is 17.3 Å². The second-order valence-corrected chi connectivity index (χ2v) is 5.15. The van der Waals surface area contributed by atoms with Crippen molar-refractivity contribution < 1.29 is 0 Å².